The predicted molar refractivity (Wildman–Crippen MR) is 121 cm³/mol. The lowest BCUT2D eigenvalue weighted by Gasteiger charge is -2.29. The number of aromatic nitrogens is 2. The number of fused-ring (bicyclic) bond motifs is 1. The summed E-state index contributed by atoms with van der Waals surface area (Å²) in [5, 5.41) is 9.02. The molecular formula is C26H17FN4O. The Balaban J connectivity index is 1.66. The van der Waals surface area contributed by atoms with Crippen LogP contribution in [0.5, 0.6) is 0 Å². The van der Waals surface area contributed by atoms with Crippen LogP contribution in [0.3, 0.4) is 0 Å². The van der Waals surface area contributed by atoms with Gasteiger partial charge in [0.2, 0.25) is 0 Å². The van der Waals surface area contributed by atoms with Gasteiger partial charge in [-0.05, 0) is 47.0 Å². The van der Waals surface area contributed by atoms with Crippen molar-refractivity contribution in [2.75, 3.05) is 5.43 Å². The van der Waals surface area contributed by atoms with Gasteiger partial charge in [-0.25, -0.2) is 14.1 Å². The highest BCUT2D eigenvalue weighted by Crippen LogP contribution is 2.35. The maximum atomic E-state index is 13.5. The molecule has 1 N–H and O–H groups in total. The molecule has 5 nitrogen and oxygen atoms in total. The van der Waals surface area contributed by atoms with Crippen LogP contribution in [0.4, 0.5) is 4.39 Å². The fourth-order valence-electron chi connectivity index (χ4n) is 3.80. The van der Waals surface area contributed by atoms with Gasteiger partial charge in [0.05, 0.1) is 23.4 Å². The first-order valence-electron chi connectivity index (χ1n) is 10.1. The lowest BCUT2D eigenvalue weighted by Crippen LogP contribution is -2.37. The minimum Gasteiger partial charge on any atom is -0.309 e. The molecule has 6 heteroatoms. The Hall–Kier alpha value is -4.50. The van der Waals surface area contributed by atoms with E-state index in [0.717, 1.165) is 22.3 Å². The first-order chi connectivity index (χ1) is 15.6. The van der Waals surface area contributed by atoms with Crippen LogP contribution in [0.25, 0.3) is 22.9 Å². The Morgan fingerprint density at radius 3 is 2.31 bits per heavy atom. The van der Waals surface area contributed by atoms with Crippen LogP contribution in [0.2, 0.25) is 0 Å². The maximum absolute atomic E-state index is 13.5. The van der Waals surface area contributed by atoms with E-state index < -0.39 is 0 Å². The monoisotopic (exact) mass is 420 g/mol. The fraction of sp³-hybridized carbons (Fsp3) is 0.0385. The molecule has 0 saturated carbocycles. The molecule has 0 radical (unpaired) electrons. The number of hydrogen-bond acceptors (Lipinski definition) is 4. The largest absolute Gasteiger partial charge is 0.309 e. The molecule has 1 unspecified atom stereocenters. The third kappa shape index (κ3) is 3.57. The normalized spacial score (nSPS) is 14.6. The molecule has 4 aromatic rings. The summed E-state index contributed by atoms with van der Waals surface area (Å²) in [6.07, 6.45) is 1.86. The Bertz CT molecular complexity index is 1420. The Morgan fingerprint density at radius 2 is 1.62 bits per heavy atom. The van der Waals surface area contributed by atoms with Crippen LogP contribution in [0, 0.1) is 17.1 Å². The van der Waals surface area contributed by atoms with Crippen LogP contribution in [0.1, 0.15) is 28.6 Å². The zero-order valence-electron chi connectivity index (χ0n) is 16.9. The number of hydrogen-bond donors (Lipinski definition) is 1. The van der Waals surface area contributed by atoms with E-state index in [0.29, 0.717) is 17.1 Å². The zero-order valence-corrected chi connectivity index (χ0v) is 16.9. The van der Waals surface area contributed by atoms with Crippen molar-refractivity contribution in [3.05, 3.63) is 124 Å². The van der Waals surface area contributed by atoms with E-state index in [2.05, 4.69) is 16.5 Å². The second kappa shape index (κ2) is 7.97. The van der Waals surface area contributed by atoms with Crippen LogP contribution in [0.15, 0.2) is 89.7 Å². The van der Waals surface area contributed by atoms with Gasteiger partial charge in [0.1, 0.15) is 5.82 Å². The number of benzene rings is 3. The van der Waals surface area contributed by atoms with Crippen LogP contribution >= 0.6 is 0 Å². The summed E-state index contributed by atoms with van der Waals surface area (Å²) in [6.45, 7) is 0. The number of rotatable bonds is 3. The molecule has 32 heavy (non-hydrogen) atoms. The standard InChI is InChI=1S/C26H17FN4O/c27-21-12-10-18(11-13-21)22-14-24-29-23(19-8-6-17(16-28)7-9-19)15-25(32)31(24)30-26(22)20-4-2-1-3-5-20/h1-15,26,30H. The van der Waals surface area contributed by atoms with Crippen molar-refractivity contribution in [1.82, 2.24) is 9.66 Å². The summed E-state index contributed by atoms with van der Waals surface area (Å²) in [5.74, 6) is 0.135. The Morgan fingerprint density at radius 1 is 0.938 bits per heavy atom. The summed E-state index contributed by atoms with van der Waals surface area (Å²) in [7, 11) is 0. The number of nitriles is 1. The van der Waals surface area contributed by atoms with E-state index in [1.807, 2.05) is 36.4 Å². The summed E-state index contributed by atoms with van der Waals surface area (Å²) >= 11 is 0. The second-order valence-corrected chi connectivity index (χ2v) is 7.44. The van der Waals surface area contributed by atoms with Gasteiger partial charge in [-0.1, -0.05) is 54.6 Å². The molecular weight excluding hydrogens is 403 g/mol. The summed E-state index contributed by atoms with van der Waals surface area (Å²) in [6, 6.07) is 26.2. The van der Waals surface area contributed by atoms with Crippen molar-refractivity contribution in [2.24, 2.45) is 0 Å². The van der Waals surface area contributed by atoms with Crippen molar-refractivity contribution >= 4 is 11.6 Å². The van der Waals surface area contributed by atoms with E-state index in [9.17, 15) is 9.18 Å². The molecule has 154 valence electrons. The van der Waals surface area contributed by atoms with Crippen molar-refractivity contribution in [2.45, 2.75) is 6.04 Å². The Kier molecular flexibility index (Phi) is 4.85. The van der Waals surface area contributed by atoms with Gasteiger partial charge in [0.15, 0.2) is 5.82 Å². The fourth-order valence-corrected chi connectivity index (χ4v) is 3.80. The highest BCUT2D eigenvalue weighted by Gasteiger charge is 2.25. The molecule has 1 aromatic heterocycles. The number of halogens is 1. The average Bonchev–Trinajstić information content (AvgIpc) is 2.84. The third-order valence-corrected chi connectivity index (χ3v) is 5.42. The van der Waals surface area contributed by atoms with E-state index in [1.165, 1.54) is 22.9 Å². The lowest BCUT2D eigenvalue weighted by atomic mass is 9.92. The van der Waals surface area contributed by atoms with Crippen LogP contribution in [-0.4, -0.2) is 9.66 Å². The predicted octanol–water partition coefficient (Wildman–Crippen LogP) is 4.76. The zero-order chi connectivity index (χ0) is 22.1. The van der Waals surface area contributed by atoms with Gasteiger partial charge in [-0.3, -0.25) is 4.79 Å². The molecule has 0 bridgehead atoms. The summed E-state index contributed by atoms with van der Waals surface area (Å²) in [4.78, 5) is 17.7. The molecule has 0 amide bonds. The number of nitrogens with zero attached hydrogens (tertiary/aromatic N) is 3. The molecule has 0 fully saturated rings. The molecule has 0 saturated heterocycles. The molecule has 1 aliphatic heterocycles. The van der Waals surface area contributed by atoms with E-state index in [1.54, 1.807) is 36.4 Å². The van der Waals surface area contributed by atoms with E-state index in [4.69, 9.17) is 5.26 Å². The highest BCUT2D eigenvalue weighted by molar-refractivity contribution is 5.86. The summed E-state index contributed by atoms with van der Waals surface area (Å²) in [5.41, 5.74) is 7.50. The minimum atomic E-state index is -0.313. The van der Waals surface area contributed by atoms with Gasteiger partial charge in [-0.15, -0.1) is 0 Å². The Labute approximate surface area is 183 Å². The molecule has 5 rings (SSSR count). The maximum Gasteiger partial charge on any atom is 0.272 e. The minimum absolute atomic E-state index is 0.246. The molecule has 3 aromatic carbocycles. The molecule has 0 aliphatic carbocycles. The molecule has 1 aliphatic rings. The highest BCUT2D eigenvalue weighted by atomic mass is 19.1. The van der Waals surface area contributed by atoms with Crippen molar-refractivity contribution in [3.8, 4) is 17.3 Å². The second-order valence-electron chi connectivity index (χ2n) is 7.44. The topological polar surface area (TPSA) is 70.7 Å². The van der Waals surface area contributed by atoms with Crippen LogP contribution in [-0.2, 0) is 0 Å². The van der Waals surface area contributed by atoms with Gasteiger partial charge in [-0.2, -0.15) is 5.26 Å². The van der Waals surface area contributed by atoms with Gasteiger partial charge < -0.3 is 5.43 Å². The van der Waals surface area contributed by atoms with Crippen molar-refractivity contribution < 1.29 is 4.39 Å². The van der Waals surface area contributed by atoms with Crippen LogP contribution < -0.4 is 11.0 Å². The van der Waals surface area contributed by atoms with Gasteiger partial charge in [0.25, 0.3) is 5.56 Å². The smallest absolute Gasteiger partial charge is 0.272 e. The lowest BCUT2D eigenvalue weighted by molar-refractivity contribution is 0.627. The first kappa shape index (κ1) is 19.5. The SMILES string of the molecule is N#Cc1ccc(-c2cc(=O)n3c(n2)C=C(c2ccc(F)cc2)C(c2ccccc2)N3)cc1. The molecule has 2 heterocycles. The first-order valence-corrected chi connectivity index (χ1v) is 10.1. The third-order valence-electron chi connectivity index (χ3n) is 5.42. The van der Waals surface area contributed by atoms with Crippen molar-refractivity contribution in [1.29, 1.82) is 5.26 Å². The van der Waals surface area contributed by atoms with Gasteiger partial charge in [0, 0.05) is 11.6 Å². The van der Waals surface area contributed by atoms with Crippen molar-refractivity contribution in [3.63, 3.8) is 0 Å². The number of nitrogens with one attached hydrogen (secondary N) is 1. The quantitative estimate of drug-likeness (QED) is 0.519. The summed E-state index contributed by atoms with van der Waals surface area (Å²) < 4.78 is 15.0. The molecule has 0 spiro atoms. The van der Waals surface area contributed by atoms with E-state index in [-0.39, 0.29) is 17.4 Å². The van der Waals surface area contributed by atoms with Gasteiger partial charge >= 0.3 is 0 Å². The average molecular weight is 420 g/mol. The van der Waals surface area contributed by atoms with E-state index >= 15 is 0 Å². The molecule has 1 atom stereocenters.